The summed E-state index contributed by atoms with van der Waals surface area (Å²) < 4.78 is 104. The molecule has 2 atom stereocenters. The van der Waals surface area contributed by atoms with E-state index in [1.807, 2.05) is 30.3 Å². The van der Waals surface area contributed by atoms with Crippen LogP contribution in [0, 0.1) is 29.1 Å². The molecular weight excluding hydrogens is 497 g/mol. The largest absolute Gasteiger partial charge is 0.489 e. The zero-order chi connectivity index (χ0) is 25.3. The van der Waals surface area contributed by atoms with Crippen LogP contribution in [0.1, 0.15) is 17.2 Å². The molecule has 12 heteroatoms. The molecule has 2 unspecified atom stereocenters. The van der Waals surface area contributed by atoms with E-state index in [1.165, 1.54) is 12.1 Å². The average Bonchev–Trinajstić information content (AvgIpc) is 3.26. The summed E-state index contributed by atoms with van der Waals surface area (Å²) >= 11 is 0. The second-order valence-electron chi connectivity index (χ2n) is 7.64. The Morgan fingerprint density at radius 2 is 1.46 bits per heavy atom. The van der Waals surface area contributed by atoms with Gasteiger partial charge in [-0.2, -0.15) is 22.3 Å². The van der Waals surface area contributed by atoms with Crippen LogP contribution in [0.3, 0.4) is 0 Å². The molecule has 1 saturated heterocycles. The molecule has 1 aliphatic heterocycles. The van der Waals surface area contributed by atoms with Crippen LogP contribution in [0.25, 0.3) is 0 Å². The molecule has 35 heavy (non-hydrogen) atoms. The van der Waals surface area contributed by atoms with Crippen LogP contribution in [0.5, 0.6) is 11.5 Å². The first kappa shape index (κ1) is 24.9. The van der Waals surface area contributed by atoms with Crippen molar-refractivity contribution in [1.29, 1.82) is 0 Å². The van der Waals surface area contributed by atoms with Crippen LogP contribution in [0.2, 0.25) is 0 Å². The van der Waals surface area contributed by atoms with Gasteiger partial charge in [0.15, 0.2) is 0 Å². The van der Waals surface area contributed by atoms with Crippen LogP contribution >= 0.6 is 0 Å². The second-order valence-corrected chi connectivity index (χ2v) is 9.40. The lowest BCUT2D eigenvalue weighted by Crippen LogP contribution is -2.34. The summed E-state index contributed by atoms with van der Waals surface area (Å²) in [6, 6.07) is 14.7. The Labute approximate surface area is 197 Å². The molecule has 0 saturated carbocycles. The fourth-order valence-corrected chi connectivity index (χ4v) is 4.97. The second kappa shape index (κ2) is 9.80. The van der Waals surface area contributed by atoms with Gasteiger partial charge in [-0.15, -0.1) is 0 Å². The van der Waals surface area contributed by atoms with Crippen LogP contribution < -0.4 is 8.92 Å². The zero-order valence-electron chi connectivity index (χ0n) is 18.1. The molecule has 0 aromatic heterocycles. The Bertz CT molecular complexity index is 1290. The topological polar surface area (TPSA) is 65.1 Å². The number of halogens is 5. The predicted octanol–water partition coefficient (Wildman–Crippen LogP) is 4.66. The van der Waals surface area contributed by atoms with Crippen LogP contribution in [0.4, 0.5) is 22.0 Å². The molecular formula is C23H18F5NO5S. The van der Waals surface area contributed by atoms with Gasteiger partial charge >= 0.3 is 10.1 Å². The van der Waals surface area contributed by atoms with E-state index in [4.69, 9.17) is 9.57 Å². The van der Waals surface area contributed by atoms with Gasteiger partial charge in [0.25, 0.3) is 0 Å². The Hall–Kier alpha value is -3.22. The first-order valence-electron chi connectivity index (χ1n) is 10.2. The Kier molecular flexibility index (Phi) is 6.97. The number of ether oxygens (including phenoxy) is 1. The molecule has 0 N–H and O–H groups in total. The summed E-state index contributed by atoms with van der Waals surface area (Å²) in [5, 5.41) is -0.345. The van der Waals surface area contributed by atoms with Gasteiger partial charge in [0, 0.05) is 7.05 Å². The molecule has 3 aromatic carbocycles. The van der Waals surface area contributed by atoms with Gasteiger partial charge in [-0.25, -0.2) is 13.2 Å². The SMILES string of the molecule is CN1OCC(S(=O)(=O)Oc2c(F)c(F)c(F)c(F)c2F)C1c1ccc(OCc2ccccc2)cc1. The third-order valence-electron chi connectivity index (χ3n) is 5.40. The van der Waals surface area contributed by atoms with Crippen molar-refractivity contribution in [3.8, 4) is 11.5 Å². The number of hydrogen-bond acceptors (Lipinski definition) is 6. The van der Waals surface area contributed by atoms with E-state index in [-0.39, 0.29) is 0 Å². The van der Waals surface area contributed by atoms with Gasteiger partial charge in [-0.1, -0.05) is 42.5 Å². The van der Waals surface area contributed by atoms with E-state index in [0.29, 0.717) is 17.9 Å². The van der Waals surface area contributed by atoms with Crippen molar-refractivity contribution in [2.24, 2.45) is 0 Å². The highest BCUT2D eigenvalue weighted by molar-refractivity contribution is 7.87. The molecule has 4 rings (SSSR count). The summed E-state index contributed by atoms with van der Waals surface area (Å²) in [6.07, 6.45) is 0. The fraction of sp³-hybridized carbons (Fsp3) is 0.217. The normalized spacial score (nSPS) is 18.6. The van der Waals surface area contributed by atoms with Gasteiger partial charge in [-0.3, -0.25) is 4.84 Å². The van der Waals surface area contributed by atoms with Crippen molar-refractivity contribution in [1.82, 2.24) is 5.06 Å². The molecule has 0 radical (unpaired) electrons. The lowest BCUT2D eigenvalue weighted by atomic mass is 10.0. The minimum atomic E-state index is -4.92. The highest BCUT2D eigenvalue weighted by atomic mass is 32.2. The number of nitrogens with zero attached hydrogens (tertiary/aromatic N) is 1. The highest BCUT2D eigenvalue weighted by Crippen LogP contribution is 2.37. The van der Waals surface area contributed by atoms with E-state index >= 15 is 0 Å². The van der Waals surface area contributed by atoms with Crippen molar-refractivity contribution >= 4 is 10.1 Å². The summed E-state index contributed by atoms with van der Waals surface area (Å²) in [4.78, 5) is 5.27. The van der Waals surface area contributed by atoms with Crippen LogP contribution in [0.15, 0.2) is 54.6 Å². The minimum Gasteiger partial charge on any atom is -0.489 e. The highest BCUT2D eigenvalue weighted by Gasteiger charge is 2.46. The maximum atomic E-state index is 14.0. The van der Waals surface area contributed by atoms with Gasteiger partial charge in [0.05, 0.1) is 12.6 Å². The quantitative estimate of drug-likeness (QED) is 0.198. The third kappa shape index (κ3) is 4.95. The molecule has 1 fully saturated rings. The molecule has 0 bridgehead atoms. The summed E-state index contributed by atoms with van der Waals surface area (Å²) in [5.41, 5.74) is 1.36. The first-order chi connectivity index (χ1) is 16.6. The summed E-state index contributed by atoms with van der Waals surface area (Å²) in [5.74, 6) is -13.3. The zero-order valence-corrected chi connectivity index (χ0v) is 18.9. The number of hydrogen-bond donors (Lipinski definition) is 0. The lowest BCUT2D eigenvalue weighted by Gasteiger charge is -2.23. The minimum absolute atomic E-state index is 0.305. The summed E-state index contributed by atoms with van der Waals surface area (Å²) in [7, 11) is -3.50. The molecule has 0 spiro atoms. The molecule has 6 nitrogen and oxygen atoms in total. The summed E-state index contributed by atoms with van der Waals surface area (Å²) in [6.45, 7) is -0.176. The van der Waals surface area contributed by atoms with Crippen LogP contribution in [-0.2, 0) is 21.6 Å². The number of rotatable bonds is 7. The number of benzene rings is 3. The van der Waals surface area contributed by atoms with Crippen molar-refractivity contribution in [2.45, 2.75) is 17.9 Å². The van der Waals surface area contributed by atoms with E-state index < -0.39 is 62.9 Å². The van der Waals surface area contributed by atoms with Gasteiger partial charge in [0.2, 0.25) is 34.8 Å². The van der Waals surface area contributed by atoms with E-state index in [1.54, 1.807) is 24.3 Å². The third-order valence-corrected chi connectivity index (χ3v) is 6.93. The van der Waals surface area contributed by atoms with Crippen molar-refractivity contribution < 1.29 is 44.1 Å². The monoisotopic (exact) mass is 515 g/mol. The average molecular weight is 515 g/mol. The lowest BCUT2D eigenvalue weighted by molar-refractivity contribution is -0.110. The Morgan fingerprint density at radius 3 is 2.06 bits per heavy atom. The molecule has 3 aromatic rings. The standard InChI is InChI=1S/C23H18F5NO5S/c1-29-22(14-7-9-15(10-8-14)32-11-13-5-3-2-4-6-13)16(12-33-29)35(30,31)34-23-20(27)18(25)17(24)19(26)21(23)28/h2-10,16,22H,11-12H2,1H3. The predicted molar refractivity (Wildman–Crippen MR) is 113 cm³/mol. The maximum Gasteiger partial charge on any atom is 0.316 e. The molecule has 0 aliphatic carbocycles. The Morgan fingerprint density at radius 1 is 0.886 bits per heavy atom. The molecule has 1 aliphatic rings. The van der Waals surface area contributed by atoms with E-state index in [2.05, 4.69) is 4.18 Å². The fourth-order valence-electron chi connectivity index (χ4n) is 3.60. The van der Waals surface area contributed by atoms with Crippen molar-refractivity contribution in [3.63, 3.8) is 0 Å². The van der Waals surface area contributed by atoms with Crippen molar-refractivity contribution in [3.05, 3.63) is 94.8 Å². The van der Waals surface area contributed by atoms with Crippen molar-refractivity contribution in [2.75, 3.05) is 13.7 Å². The first-order valence-corrected chi connectivity index (χ1v) is 11.6. The van der Waals surface area contributed by atoms with Gasteiger partial charge in [-0.05, 0) is 23.3 Å². The maximum absolute atomic E-state index is 14.0. The van der Waals surface area contributed by atoms with E-state index in [0.717, 1.165) is 5.56 Å². The number of hydroxylamine groups is 2. The Balaban J connectivity index is 1.56. The smallest absolute Gasteiger partial charge is 0.316 e. The molecule has 186 valence electrons. The van der Waals surface area contributed by atoms with Gasteiger partial charge in [0.1, 0.15) is 17.6 Å². The van der Waals surface area contributed by atoms with Gasteiger partial charge < -0.3 is 8.92 Å². The van der Waals surface area contributed by atoms with E-state index in [9.17, 15) is 30.4 Å². The van der Waals surface area contributed by atoms with Crippen LogP contribution in [-0.4, -0.2) is 32.4 Å². The molecule has 0 amide bonds. The molecule has 1 heterocycles.